The van der Waals surface area contributed by atoms with Crippen LogP contribution in [-0.2, 0) is 6.54 Å². The zero-order valence-corrected chi connectivity index (χ0v) is 13.6. The molecule has 1 rings (SSSR count). The SMILES string of the molecule is COc1ccc(CNC(C)C(C)CBr)cc1Br. The van der Waals surface area contributed by atoms with Gasteiger partial charge in [0.1, 0.15) is 5.75 Å². The third-order valence-electron chi connectivity index (χ3n) is 2.94. The fourth-order valence-corrected chi connectivity index (χ4v) is 2.58. The maximum absolute atomic E-state index is 5.21. The summed E-state index contributed by atoms with van der Waals surface area (Å²) in [4.78, 5) is 0. The van der Waals surface area contributed by atoms with Gasteiger partial charge in [-0.2, -0.15) is 0 Å². The van der Waals surface area contributed by atoms with E-state index in [0.29, 0.717) is 12.0 Å². The molecule has 0 aromatic heterocycles. The number of methoxy groups -OCH3 is 1. The van der Waals surface area contributed by atoms with E-state index in [1.54, 1.807) is 7.11 Å². The van der Waals surface area contributed by atoms with Crippen molar-refractivity contribution in [2.75, 3.05) is 12.4 Å². The van der Waals surface area contributed by atoms with Crippen LogP contribution in [0.2, 0.25) is 0 Å². The van der Waals surface area contributed by atoms with Gasteiger partial charge in [-0.3, -0.25) is 0 Å². The molecule has 2 unspecified atom stereocenters. The first-order chi connectivity index (χ1) is 8.08. The molecular weight excluding hydrogens is 346 g/mol. The molecule has 1 aromatic rings. The minimum atomic E-state index is 0.496. The lowest BCUT2D eigenvalue weighted by Crippen LogP contribution is -2.32. The average molecular weight is 365 g/mol. The Morgan fingerprint density at radius 3 is 2.59 bits per heavy atom. The number of hydrogen-bond donors (Lipinski definition) is 1. The first-order valence-electron chi connectivity index (χ1n) is 5.70. The molecule has 0 aliphatic heterocycles. The molecule has 0 bridgehead atoms. The second-order valence-electron chi connectivity index (χ2n) is 4.27. The highest BCUT2D eigenvalue weighted by Crippen LogP contribution is 2.25. The Morgan fingerprint density at radius 1 is 1.35 bits per heavy atom. The van der Waals surface area contributed by atoms with Crippen molar-refractivity contribution in [2.24, 2.45) is 5.92 Å². The van der Waals surface area contributed by atoms with Gasteiger partial charge in [-0.1, -0.05) is 28.9 Å². The summed E-state index contributed by atoms with van der Waals surface area (Å²) in [6.45, 7) is 5.32. The van der Waals surface area contributed by atoms with Crippen LogP contribution in [0.4, 0.5) is 0 Å². The zero-order valence-electron chi connectivity index (χ0n) is 10.5. The standard InChI is InChI=1S/C13H19Br2NO/c1-9(7-14)10(2)16-8-11-4-5-13(17-3)12(15)6-11/h4-6,9-10,16H,7-8H2,1-3H3. The Bertz CT molecular complexity index is 357. The summed E-state index contributed by atoms with van der Waals surface area (Å²) in [7, 11) is 1.68. The predicted molar refractivity (Wildman–Crippen MR) is 80.0 cm³/mol. The van der Waals surface area contributed by atoms with Gasteiger partial charge >= 0.3 is 0 Å². The Kier molecular flexibility index (Phi) is 6.52. The van der Waals surface area contributed by atoms with Gasteiger partial charge in [-0.05, 0) is 46.5 Å². The molecule has 17 heavy (non-hydrogen) atoms. The molecular formula is C13H19Br2NO. The van der Waals surface area contributed by atoms with Gasteiger partial charge in [0.05, 0.1) is 11.6 Å². The van der Waals surface area contributed by atoms with Crippen molar-refractivity contribution >= 4 is 31.9 Å². The van der Waals surface area contributed by atoms with E-state index in [1.807, 2.05) is 6.07 Å². The molecule has 0 aliphatic carbocycles. The quantitative estimate of drug-likeness (QED) is 0.771. The molecule has 96 valence electrons. The van der Waals surface area contributed by atoms with Crippen LogP contribution in [-0.4, -0.2) is 18.5 Å². The second-order valence-corrected chi connectivity index (χ2v) is 5.77. The number of hydrogen-bond acceptors (Lipinski definition) is 2. The van der Waals surface area contributed by atoms with E-state index in [0.717, 1.165) is 22.1 Å². The Balaban J connectivity index is 2.55. The molecule has 1 N–H and O–H groups in total. The van der Waals surface area contributed by atoms with Gasteiger partial charge < -0.3 is 10.1 Å². The number of nitrogens with one attached hydrogen (secondary N) is 1. The van der Waals surface area contributed by atoms with Crippen molar-refractivity contribution in [1.29, 1.82) is 0 Å². The van der Waals surface area contributed by atoms with Crippen molar-refractivity contribution in [3.8, 4) is 5.75 Å². The maximum atomic E-state index is 5.21. The van der Waals surface area contributed by atoms with E-state index in [4.69, 9.17) is 4.74 Å². The molecule has 0 fully saturated rings. The number of benzene rings is 1. The van der Waals surface area contributed by atoms with Crippen LogP contribution in [0.25, 0.3) is 0 Å². The summed E-state index contributed by atoms with van der Waals surface area (Å²) in [5.74, 6) is 1.49. The highest BCUT2D eigenvalue weighted by Gasteiger charge is 2.10. The normalized spacial score (nSPS) is 14.4. The molecule has 2 atom stereocenters. The summed E-state index contributed by atoms with van der Waals surface area (Å²) in [5, 5.41) is 4.54. The van der Waals surface area contributed by atoms with E-state index in [2.05, 4.69) is 63.2 Å². The van der Waals surface area contributed by atoms with Gasteiger partial charge in [-0.15, -0.1) is 0 Å². The van der Waals surface area contributed by atoms with Crippen LogP contribution < -0.4 is 10.1 Å². The van der Waals surface area contributed by atoms with Crippen molar-refractivity contribution in [3.05, 3.63) is 28.2 Å². The van der Waals surface area contributed by atoms with Gasteiger partial charge in [0, 0.05) is 17.9 Å². The largest absolute Gasteiger partial charge is 0.496 e. The van der Waals surface area contributed by atoms with Crippen molar-refractivity contribution in [3.63, 3.8) is 0 Å². The number of ether oxygens (including phenoxy) is 1. The summed E-state index contributed by atoms with van der Waals surface area (Å²) in [6, 6.07) is 6.66. The van der Waals surface area contributed by atoms with Gasteiger partial charge in [-0.25, -0.2) is 0 Å². The summed E-state index contributed by atoms with van der Waals surface area (Å²) in [5.41, 5.74) is 1.26. The molecule has 2 nitrogen and oxygen atoms in total. The van der Waals surface area contributed by atoms with Gasteiger partial charge in [0.25, 0.3) is 0 Å². The third kappa shape index (κ3) is 4.60. The zero-order chi connectivity index (χ0) is 12.8. The average Bonchev–Trinajstić information content (AvgIpc) is 2.35. The van der Waals surface area contributed by atoms with E-state index < -0.39 is 0 Å². The monoisotopic (exact) mass is 363 g/mol. The lowest BCUT2D eigenvalue weighted by molar-refractivity contribution is 0.411. The molecule has 0 radical (unpaired) electrons. The van der Waals surface area contributed by atoms with E-state index in [9.17, 15) is 0 Å². The van der Waals surface area contributed by atoms with E-state index in [1.165, 1.54) is 5.56 Å². The highest BCUT2D eigenvalue weighted by atomic mass is 79.9. The van der Waals surface area contributed by atoms with Crippen LogP contribution >= 0.6 is 31.9 Å². The fourth-order valence-electron chi connectivity index (χ4n) is 1.43. The van der Waals surface area contributed by atoms with Crippen LogP contribution in [0.5, 0.6) is 5.75 Å². The van der Waals surface area contributed by atoms with Crippen molar-refractivity contribution < 1.29 is 4.74 Å². The van der Waals surface area contributed by atoms with Crippen LogP contribution in [0, 0.1) is 5.92 Å². The number of rotatable bonds is 6. The smallest absolute Gasteiger partial charge is 0.133 e. The topological polar surface area (TPSA) is 21.3 Å². The number of halogens is 2. The highest BCUT2D eigenvalue weighted by molar-refractivity contribution is 9.10. The second kappa shape index (κ2) is 7.39. The van der Waals surface area contributed by atoms with Gasteiger partial charge in [0.2, 0.25) is 0 Å². The molecule has 0 aliphatic rings. The van der Waals surface area contributed by atoms with Crippen molar-refractivity contribution in [2.45, 2.75) is 26.4 Å². The molecule has 0 saturated heterocycles. The summed E-state index contributed by atoms with van der Waals surface area (Å²) >= 11 is 7.00. The van der Waals surface area contributed by atoms with Crippen LogP contribution in [0.15, 0.2) is 22.7 Å². The first kappa shape index (κ1) is 15.0. The molecule has 4 heteroatoms. The third-order valence-corrected chi connectivity index (χ3v) is 4.58. The minimum absolute atomic E-state index is 0.496. The molecule has 1 aromatic carbocycles. The van der Waals surface area contributed by atoms with Gasteiger partial charge in [0.15, 0.2) is 0 Å². The fraction of sp³-hybridized carbons (Fsp3) is 0.538. The lowest BCUT2D eigenvalue weighted by Gasteiger charge is -2.19. The Morgan fingerprint density at radius 2 is 2.06 bits per heavy atom. The predicted octanol–water partition coefficient (Wildman–Crippen LogP) is 3.97. The van der Waals surface area contributed by atoms with E-state index in [-0.39, 0.29) is 0 Å². The molecule has 0 heterocycles. The minimum Gasteiger partial charge on any atom is -0.496 e. The van der Waals surface area contributed by atoms with Crippen molar-refractivity contribution in [1.82, 2.24) is 5.32 Å². The van der Waals surface area contributed by atoms with E-state index >= 15 is 0 Å². The molecule has 0 spiro atoms. The molecule has 0 saturated carbocycles. The first-order valence-corrected chi connectivity index (χ1v) is 7.61. The van der Waals surface area contributed by atoms with Crippen LogP contribution in [0.1, 0.15) is 19.4 Å². The molecule has 0 amide bonds. The lowest BCUT2D eigenvalue weighted by atomic mass is 10.1. The summed E-state index contributed by atoms with van der Waals surface area (Å²) in [6.07, 6.45) is 0. The Labute approximate surface area is 120 Å². The van der Waals surface area contributed by atoms with Crippen LogP contribution in [0.3, 0.4) is 0 Å². The number of alkyl halides is 1. The summed E-state index contributed by atoms with van der Waals surface area (Å²) < 4.78 is 6.21. The maximum Gasteiger partial charge on any atom is 0.133 e. The Hall–Kier alpha value is -0.0600.